The van der Waals surface area contributed by atoms with Crippen LogP contribution in [-0.2, 0) is 0 Å². The lowest BCUT2D eigenvalue weighted by Gasteiger charge is -2.62. The first kappa shape index (κ1) is 24.4. The van der Waals surface area contributed by atoms with Gasteiger partial charge in [0.1, 0.15) is 0 Å². The van der Waals surface area contributed by atoms with E-state index in [4.69, 9.17) is 11.1 Å². The summed E-state index contributed by atoms with van der Waals surface area (Å²) < 4.78 is 5.37. The minimum Gasteiger partial charge on any atom is -0.379 e. The number of halogens is 1. The lowest BCUT2D eigenvalue weighted by atomic mass is 9.93. The fourth-order valence-corrected chi connectivity index (χ4v) is 16.2. The van der Waals surface area contributed by atoms with Gasteiger partial charge in [0.15, 0.2) is 0 Å². The number of anilines is 2. The molecule has 0 N–H and O–H groups in total. The van der Waals surface area contributed by atoms with Gasteiger partial charge in [-0.3, -0.25) is 0 Å². The summed E-state index contributed by atoms with van der Waals surface area (Å²) in [6, 6.07) is 13.7. The maximum Gasteiger partial charge on any atom is 0.399 e. The molecule has 1 aliphatic rings. The Hall–Kier alpha value is -1.24. The molecule has 1 heterocycles. The third kappa shape index (κ3) is 4.11. The molecule has 5 heteroatoms. The van der Waals surface area contributed by atoms with E-state index in [-0.39, 0.29) is 0 Å². The van der Waals surface area contributed by atoms with Crippen LogP contribution in [0.25, 0.3) is 0 Å². The molecular formula is C26H40ClN2Si2. The van der Waals surface area contributed by atoms with Gasteiger partial charge in [-0.2, -0.15) is 0 Å². The summed E-state index contributed by atoms with van der Waals surface area (Å²) in [5.74, 6) is 1.92. The van der Waals surface area contributed by atoms with Gasteiger partial charge in [-0.05, 0) is 59.0 Å². The Labute approximate surface area is 198 Å². The zero-order chi connectivity index (χ0) is 23.2. The summed E-state index contributed by atoms with van der Waals surface area (Å²) in [5.41, 5.74) is 8.62. The van der Waals surface area contributed by atoms with Crippen LogP contribution in [0.5, 0.6) is 0 Å². The predicted molar refractivity (Wildman–Crippen MR) is 143 cm³/mol. The molecule has 0 saturated carbocycles. The molecule has 0 amide bonds. The average molecular weight is 472 g/mol. The van der Waals surface area contributed by atoms with Crippen LogP contribution in [0.1, 0.15) is 101 Å². The van der Waals surface area contributed by atoms with E-state index < -0.39 is 16.8 Å². The van der Waals surface area contributed by atoms with E-state index in [2.05, 4.69) is 113 Å². The molecule has 0 atom stereocenters. The molecule has 1 radical (unpaired) electrons. The summed E-state index contributed by atoms with van der Waals surface area (Å²) in [6.45, 7) is 23.4. The second-order valence-electron chi connectivity index (χ2n) is 10.6. The van der Waals surface area contributed by atoms with Crippen molar-refractivity contribution in [3.8, 4) is 0 Å². The van der Waals surface area contributed by atoms with Crippen LogP contribution in [0.2, 0.25) is 13.1 Å². The van der Waals surface area contributed by atoms with Gasteiger partial charge in [0.25, 0.3) is 0 Å². The fraction of sp³-hybridized carbons (Fsp3) is 0.538. The summed E-state index contributed by atoms with van der Waals surface area (Å²) in [5, 5.41) is 0. The first-order valence-corrected chi connectivity index (χ1v) is 17.1. The summed E-state index contributed by atoms with van der Waals surface area (Å²) in [6.07, 6.45) is 0. The third-order valence-corrected chi connectivity index (χ3v) is 16.8. The highest BCUT2D eigenvalue weighted by molar-refractivity contribution is 7.31. The Morgan fingerprint density at radius 3 is 1.06 bits per heavy atom. The maximum atomic E-state index is 7.43. The molecular weight excluding hydrogens is 432 g/mol. The standard InChI is InChI=1S/C26H40ClN2Si2/c1-17(2)21-13-11-14-22(18(3)4)25(21)28-30(27)29(31(28,9)10)26-23(19(5)6)15-12-16-24(26)20(7)8/h11-20H,1-10H3. The topological polar surface area (TPSA) is 6.48 Å². The minimum atomic E-state index is -1.98. The highest BCUT2D eigenvalue weighted by Crippen LogP contribution is 2.49. The average Bonchev–Trinajstić information content (AvgIpc) is 2.67. The zero-order valence-corrected chi connectivity index (χ0v) is 23.8. The van der Waals surface area contributed by atoms with Crippen molar-refractivity contribution in [2.24, 2.45) is 0 Å². The number of para-hydroxylation sites is 2. The zero-order valence-electron chi connectivity index (χ0n) is 21.0. The molecule has 2 aromatic carbocycles. The lowest BCUT2D eigenvalue weighted by Crippen LogP contribution is -2.84. The molecule has 0 spiro atoms. The van der Waals surface area contributed by atoms with E-state index in [1.165, 1.54) is 33.6 Å². The molecule has 0 aliphatic carbocycles. The minimum absolute atomic E-state index is 0.480. The van der Waals surface area contributed by atoms with Gasteiger partial charge in [0.05, 0.1) is 0 Å². The van der Waals surface area contributed by atoms with Crippen LogP contribution in [0, 0.1) is 0 Å². The SMILES string of the molecule is CC(C)c1cccc(C(C)C)c1N1[Si](Cl)N(c2c(C(C)C)cccc2C(C)C)[Si]1(C)C. The fourth-order valence-electron chi connectivity index (χ4n) is 4.88. The molecule has 0 bridgehead atoms. The smallest absolute Gasteiger partial charge is 0.379 e. The Kier molecular flexibility index (Phi) is 7.05. The van der Waals surface area contributed by atoms with Gasteiger partial charge in [0.2, 0.25) is 8.40 Å². The highest BCUT2D eigenvalue weighted by atomic mass is 35.6. The van der Waals surface area contributed by atoms with Crippen LogP contribution in [-0.4, -0.2) is 16.8 Å². The van der Waals surface area contributed by atoms with Crippen molar-refractivity contribution in [2.45, 2.75) is 92.2 Å². The first-order valence-electron chi connectivity index (χ1n) is 11.8. The molecule has 1 aliphatic heterocycles. The summed E-state index contributed by atoms with van der Waals surface area (Å²) in [7, 11) is -3.38. The van der Waals surface area contributed by atoms with E-state index in [1.807, 2.05) is 0 Å². The van der Waals surface area contributed by atoms with E-state index in [0.717, 1.165) is 0 Å². The van der Waals surface area contributed by atoms with Gasteiger partial charge < -0.3 is 8.46 Å². The molecule has 1 fully saturated rings. The number of hydrogen-bond donors (Lipinski definition) is 0. The van der Waals surface area contributed by atoms with Crippen molar-refractivity contribution < 1.29 is 0 Å². The molecule has 169 valence electrons. The van der Waals surface area contributed by atoms with Crippen LogP contribution in [0.3, 0.4) is 0 Å². The van der Waals surface area contributed by atoms with Crippen LogP contribution >= 0.6 is 11.1 Å². The van der Waals surface area contributed by atoms with Gasteiger partial charge in [0, 0.05) is 11.4 Å². The van der Waals surface area contributed by atoms with Crippen molar-refractivity contribution >= 4 is 39.3 Å². The molecule has 3 rings (SSSR count). The summed E-state index contributed by atoms with van der Waals surface area (Å²) >= 11 is 7.43. The Balaban J connectivity index is 2.19. The van der Waals surface area contributed by atoms with E-state index in [9.17, 15) is 0 Å². The number of rotatable bonds is 6. The van der Waals surface area contributed by atoms with Crippen LogP contribution < -0.4 is 8.46 Å². The molecule has 31 heavy (non-hydrogen) atoms. The van der Waals surface area contributed by atoms with Gasteiger partial charge in [-0.15, -0.1) is 11.1 Å². The maximum absolute atomic E-state index is 7.43. The van der Waals surface area contributed by atoms with E-state index in [1.54, 1.807) is 0 Å². The van der Waals surface area contributed by atoms with Crippen molar-refractivity contribution in [3.05, 3.63) is 58.7 Å². The second-order valence-corrected chi connectivity index (χ2v) is 17.8. The second kappa shape index (κ2) is 8.95. The van der Waals surface area contributed by atoms with Gasteiger partial charge >= 0.3 is 8.43 Å². The predicted octanol–water partition coefficient (Wildman–Crippen LogP) is 8.43. The molecule has 2 nitrogen and oxygen atoms in total. The molecule has 2 aromatic rings. The lowest BCUT2D eigenvalue weighted by molar-refractivity contribution is 0.826. The number of nitrogens with zero attached hydrogens (tertiary/aromatic N) is 2. The Morgan fingerprint density at radius 1 is 0.613 bits per heavy atom. The monoisotopic (exact) mass is 471 g/mol. The van der Waals surface area contributed by atoms with Crippen molar-refractivity contribution in [3.63, 3.8) is 0 Å². The highest BCUT2D eigenvalue weighted by Gasteiger charge is 2.58. The van der Waals surface area contributed by atoms with E-state index in [0.29, 0.717) is 23.7 Å². The van der Waals surface area contributed by atoms with Crippen LogP contribution in [0.4, 0.5) is 11.4 Å². The largest absolute Gasteiger partial charge is 0.399 e. The molecule has 0 aromatic heterocycles. The molecule has 1 saturated heterocycles. The number of hydrogen-bond acceptors (Lipinski definition) is 2. The first-order chi connectivity index (χ1) is 14.4. The van der Waals surface area contributed by atoms with Gasteiger partial charge in [-0.1, -0.05) is 91.8 Å². The molecule has 0 unspecified atom stereocenters. The normalized spacial score (nSPS) is 16.7. The Morgan fingerprint density at radius 2 is 0.871 bits per heavy atom. The van der Waals surface area contributed by atoms with Gasteiger partial charge in [-0.25, -0.2) is 0 Å². The summed E-state index contributed by atoms with van der Waals surface area (Å²) in [4.78, 5) is 0. The quantitative estimate of drug-likeness (QED) is 0.308. The number of benzene rings is 2. The third-order valence-electron chi connectivity index (χ3n) is 6.60. The van der Waals surface area contributed by atoms with E-state index >= 15 is 0 Å². The Bertz CT molecular complexity index is 811. The van der Waals surface area contributed by atoms with Crippen molar-refractivity contribution in [1.29, 1.82) is 0 Å². The van der Waals surface area contributed by atoms with Crippen molar-refractivity contribution in [2.75, 3.05) is 8.46 Å². The van der Waals surface area contributed by atoms with Crippen LogP contribution in [0.15, 0.2) is 36.4 Å². The van der Waals surface area contributed by atoms with Crippen molar-refractivity contribution in [1.82, 2.24) is 0 Å².